The smallest absolute Gasteiger partial charge is 0.328 e. The normalized spacial score (nSPS) is 24.9. The summed E-state index contributed by atoms with van der Waals surface area (Å²) in [5.41, 5.74) is 2.20. The van der Waals surface area contributed by atoms with Crippen molar-refractivity contribution in [1.29, 1.82) is 0 Å². The minimum Gasteiger partial charge on any atom is -0.478 e. The lowest BCUT2D eigenvalue weighted by Gasteiger charge is -2.44. The molecule has 25 heavy (non-hydrogen) atoms. The molecule has 0 aliphatic carbocycles. The Hall–Kier alpha value is -2.74. The lowest BCUT2D eigenvalue weighted by Crippen LogP contribution is -2.48. The minimum atomic E-state index is -1.26. The van der Waals surface area contributed by atoms with Gasteiger partial charge in [-0.2, -0.15) is 0 Å². The van der Waals surface area contributed by atoms with Gasteiger partial charge < -0.3 is 15.1 Å². The highest BCUT2D eigenvalue weighted by Gasteiger charge is 2.36. The third-order valence-corrected chi connectivity index (χ3v) is 4.68. The zero-order chi connectivity index (χ0) is 17.8. The van der Waals surface area contributed by atoms with Gasteiger partial charge >= 0.3 is 11.9 Å². The van der Waals surface area contributed by atoms with Crippen LogP contribution in [0.15, 0.2) is 36.4 Å². The first-order valence-corrected chi connectivity index (χ1v) is 8.21. The first-order chi connectivity index (χ1) is 12.0. The number of aliphatic carboxylic acids is 2. The van der Waals surface area contributed by atoms with Gasteiger partial charge in [-0.15, -0.1) is 5.10 Å². The monoisotopic (exact) mass is 344 g/mol. The molecule has 0 spiro atoms. The highest BCUT2D eigenvalue weighted by molar-refractivity contribution is 5.89. The molecule has 1 unspecified atom stereocenters. The summed E-state index contributed by atoms with van der Waals surface area (Å²) in [4.78, 5) is 21.7. The van der Waals surface area contributed by atoms with E-state index in [0.717, 1.165) is 18.0 Å². The fourth-order valence-corrected chi connectivity index (χ4v) is 3.49. The number of benzene rings is 1. The number of hydrogen-bond donors (Lipinski definition) is 2. The first-order valence-electron chi connectivity index (χ1n) is 8.21. The van der Waals surface area contributed by atoms with Crippen LogP contribution in [0.25, 0.3) is 11.0 Å². The SMILES string of the molecule is O=C(O)/C=C/C(=O)O.c1ccc2c(c1)nnn2C1CN2CCC1CC2. The molecule has 2 aromatic rings. The van der Waals surface area contributed by atoms with Gasteiger partial charge in [-0.3, -0.25) is 0 Å². The summed E-state index contributed by atoms with van der Waals surface area (Å²) in [7, 11) is 0. The van der Waals surface area contributed by atoms with E-state index in [1.54, 1.807) is 0 Å². The molecule has 5 rings (SSSR count). The Labute approximate surface area is 144 Å². The third-order valence-electron chi connectivity index (χ3n) is 4.68. The van der Waals surface area contributed by atoms with E-state index in [1.807, 2.05) is 12.1 Å². The Bertz CT molecular complexity index is 777. The molecule has 0 saturated carbocycles. The Morgan fingerprint density at radius 3 is 2.28 bits per heavy atom. The van der Waals surface area contributed by atoms with Gasteiger partial charge in [0.15, 0.2) is 0 Å². The number of carboxylic acid groups (broad SMARTS) is 2. The van der Waals surface area contributed by atoms with Crippen LogP contribution in [0.1, 0.15) is 18.9 Å². The third kappa shape index (κ3) is 4.03. The van der Waals surface area contributed by atoms with E-state index in [1.165, 1.54) is 31.4 Å². The van der Waals surface area contributed by atoms with Crippen molar-refractivity contribution in [2.24, 2.45) is 5.92 Å². The van der Waals surface area contributed by atoms with Crippen molar-refractivity contribution < 1.29 is 19.8 Å². The van der Waals surface area contributed by atoms with Gasteiger partial charge in [0.25, 0.3) is 0 Å². The molecule has 3 aliphatic heterocycles. The lowest BCUT2D eigenvalue weighted by atomic mass is 9.84. The predicted octanol–water partition coefficient (Wildman–Crippen LogP) is 1.41. The van der Waals surface area contributed by atoms with E-state index >= 15 is 0 Å². The van der Waals surface area contributed by atoms with Crippen molar-refractivity contribution in [1.82, 2.24) is 19.9 Å². The zero-order valence-electron chi connectivity index (χ0n) is 13.7. The van der Waals surface area contributed by atoms with E-state index < -0.39 is 11.9 Å². The molecule has 3 saturated heterocycles. The molecule has 0 radical (unpaired) electrons. The molecular formula is C17H20N4O4. The highest BCUT2D eigenvalue weighted by atomic mass is 16.4. The van der Waals surface area contributed by atoms with Crippen LogP contribution >= 0.6 is 0 Å². The molecular weight excluding hydrogens is 324 g/mol. The number of rotatable bonds is 3. The van der Waals surface area contributed by atoms with E-state index in [9.17, 15) is 9.59 Å². The molecule has 0 amide bonds. The van der Waals surface area contributed by atoms with Gasteiger partial charge in [0.05, 0.1) is 11.6 Å². The maximum absolute atomic E-state index is 9.55. The molecule has 2 bridgehead atoms. The van der Waals surface area contributed by atoms with Crippen LogP contribution < -0.4 is 0 Å². The Morgan fingerprint density at radius 1 is 1.08 bits per heavy atom. The summed E-state index contributed by atoms with van der Waals surface area (Å²) >= 11 is 0. The van der Waals surface area contributed by atoms with Gasteiger partial charge in [-0.1, -0.05) is 17.3 Å². The molecule has 4 heterocycles. The number of carbonyl (C=O) groups is 2. The Morgan fingerprint density at radius 2 is 1.72 bits per heavy atom. The summed E-state index contributed by atoms with van der Waals surface area (Å²) in [5, 5.41) is 24.3. The zero-order valence-corrected chi connectivity index (χ0v) is 13.7. The molecule has 3 fully saturated rings. The summed E-state index contributed by atoms with van der Waals surface area (Å²) in [6.45, 7) is 3.69. The lowest BCUT2D eigenvalue weighted by molar-refractivity contribution is -0.134. The quantitative estimate of drug-likeness (QED) is 0.810. The second-order valence-corrected chi connectivity index (χ2v) is 6.24. The second-order valence-electron chi connectivity index (χ2n) is 6.24. The second kappa shape index (κ2) is 7.43. The summed E-state index contributed by atoms with van der Waals surface area (Å²) < 4.78 is 2.16. The van der Waals surface area contributed by atoms with Gasteiger partial charge in [-0.05, 0) is 44.0 Å². The number of aromatic nitrogens is 3. The number of nitrogens with zero attached hydrogens (tertiary/aromatic N) is 4. The van der Waals surface area contributed by atoms with Crippen LogP contribution in [0, 0.1) is 5.92 Å². The van der Waals surface area contributed by atoms with Crippen LogP contribution in [0.4, 0.5) is 0 Å². The molecule has 8 nitrogen and oxygen atoms in total. The van der Waals surface area contributed by atoms with Crippen molar-refractivity contribution in [2.45, 2.75) is 18.9 Å². The molecule has 1 atom stereocenters. The van der Waals surface area contributed by atoms with Crippen LogP contribution in [0.2, 0.25) is 0 Å². The van der Waals surface area contributed by atoms with Crippen molar-refractivity contribution in [2.75, 3.05) is 19.6 Å². The maximum Gasteiger partial charge on any atom is 0.328 e. The van der Waals surface area contributed by atoms with Crippen LogP contribution in [0.5, 0.6) is 0 Å². The summed E-state index contributed by atoms with van der Waals surface area (Å²) in [6.07, 6.45) is 3.75. The number of para-hydroxylation sites is 1. The van der Waals surface area contributed by atoms with Gasteiger partial charge in [0, 0.05) is 18.7 Å². The van der Waals surface area contributed by atoms with E-state index in [2.05, 4.69) is 32.0 Å². The largest absolute Gasteiger partial charge is 0.478 e. The predicted molar refractivity (Wildman–Crippen MR) is 90.1 cm³/mol. The minimum absolute atomic E-state index is 0.532. The average Bonchev–Trinajstić information content (AvgIpc) is 3.05. The van der Waals surface area contributed by atoms with Gasteiger partial charge in [0.1, 0.15) is 5.52 Å². The van der Waals surface area contributed by atoms with E-state index in [0.29, 0.717) is 18.2 Å². The molecule has 3 aliphatic rings. The van der Waals surface area contributed by atoms with E-state index in [4.69, 9.17) is 10.2 Å². The molecule has 2 N–H and O–H groups in total. The van der Waals surface area contributed by atoms with Crippen molar-refractivity contribution in [3.8, 4) is 0 Å². The maximum atomic E-state index is 9.55. The van der Waals surface area contributed by atoms with Crippen molar-refractivity contribution in [3.63, 3.8) is 0 Å². The molecule has 8 heteroatoms. The molecule has 1 aromatic heterocycles. The van der Waals surface area contributed by atoms with E-state index in [-0.39, 0.29) is 0 Å². The van der Waals surface area contributed by atoms with Crippen LogP contribution in [0.3, 0.4) is 0 Å². The van der Waals surface area contributed by atoms with Gasteiger partial charge in [-0.25, -0.2) is 14.3 Å². The van der Waals surface area contributed by atoms with Crippen molar-refractivity contribution >= 4 is 23.0 Å². The number of carboxylic acids is 2. The van der Waals surface area contributed by atoms with Crippen molar-refractivity contribution in [3.05, 3.63) is 36.4 Å². The Kier molecular flexibility index (Phi) is 5.08. The average molecular weight is 344 g/mol. The highest BCUT2D eigenvalue weighted by Crippen LogP contribution is 2.36. The topological polar surface area (TPSA) is 109 Å². The summed E-state index contributed by atoms with van der Waals surface area (Å²) in [6, 6.07) is 8.80. The number of fused-ring (bicyclic) bond motifs is 4. The fourth-order valence-electron chi connectivity index (χ4n) is 3.49. The van der Waals surface area contributed by atoms with Crippen LogP contribution in [-0.4, -0.2) is 61.7 Å². The molecule has 1 aromatic carbocycles. The summed E-state index contributed by atoms with van der Waals surface area (Å²) in [5.74, 6) is -1.72. The molecule has 132 valence electrons. The standard InChI is InChI=1S/C13H16N4.C4H4O4/c1-2-4-12-11(3-1)14-15-17(12)13-9-16-7-5-10(13)6-8-16;5-3(6)1-2-4(7)8/h1-4,10,13H,5-9H2;1-2H,(H,5,6)(H,7,8)/b;2-1+. The number of hydrogen-bond acceptors (Lipinski definition) is 5. The Balaban J connectivity index is 0.000000197. The fraction of sp³-hybridized carbons (Fsp3) is 0.412. The first kappa shape index (κ1) is 17.1. The number of piperidine rings is 3. The van der Waals surface area contributed by atoms with Gasteiger partial charge in [0.2, 0.25) is 0 Å². The van der Waals surface area contributed by atoms with Crippen LogP contribution in [-0.2, 0) is 9.59 Å².